The van der Waals surface area contributed by atoms with Crippen molar-refractivity contribution in [1.82, 2.24) is 4.90 Å². The van der Waals surface area contributed by atoms with Gasteiger partial charge >= 0.3 is 0 Å². The maximum absolute atomic E-state index is 12.2. The van der Waals surface area contributed by atoms with Crippen molar-refractivity contribution in [1.29, 1.82) is 5.41 Å². The molecule has 0 aliphatic carbocycles. The number of amides is 1. The zero-order valence-electron chi connectivity index (χ0n) is 12.2. The van der Waals surface area contributed by atoms with E-state index in [0.717, 1.165) is 24.2 Å². The minimum absolute atomic E-state index is 0.104. The Hall–Kier alpha value is -2.82. The smallest absolute Gasteiger partial charge is 0.255 e. The van der Waals surface area contributed by atoms with Crippen LogP contribution in [0, 0.1) is 5.41 Å². The Bertz CT molecular complexity index is 712. The third kappa shape index (κ3) is 2.93. The van der Waals surface area contributed by atoms with Gasteiger partial charge in [-0.2, -0.15) is 0 Å². The molecule has 0 aromatic heterocycles. The third-order valence-corrected chi connectivity index (χ3v) is 3.85. The molecule has 0 unspecified atom stereocenters. The van der Waals surface area contributed by atoms with Gasteiger partial charge in [-0.15, -0.1) is 0 Å². The maximum atomic E-state index is 12.2. The van der Waals surface area contributed by atoms with E-state index in [2.05, 4.69) is 5.32 Å². The van der Waals surface area contributed by atoms with E-state index in [4.69, 9.17) is 11.1 Å². The molecule has 3 rings (SSSR count). The van der Waals surface area contributed by atoms with Crippen molar-refractivity contribution in [2.24, 2.45) is 5.73 Å². The number of hydrogen-bond acceptors (Lipinski definition) is 2. The second-order valence-electron chi connectivity index (χ2n) is 5.36. The van der Waals surface area contributed by atoms with Gasteiger partial charge in [-0.05, 0) is 41.8 Å². The van der Waals surface area contributed by atoms with Crippen molar-refractivity contribution in [2.75, 3.05) is 11.9 Å². The fourth-order valence-electron chi connectivity index (χ4n) is 2.63. The zero-order chi connectivity index (χ0) is 15.5. The Morgan fingerprint density at radius 2 is 1.91 bits per heavy atom. The Balaban J connectivity index is 1.75. The highest BCUT2D eigenvalue weighted by Gasteiger charge is 2.17. The van der Waals surface area contributed by atoms with Crippen LogP contribution in [0.2, 0.25) is 0 Å². The van der Waals surface area contributed by atoms with Gasteiger partial charge in [0.15, 0.2) is 5.96 Å². The number of rotatable bonds is 2. The standard InChI is InChI=1S/C17H18N4O/c18-17(19)21-9-8-13-10-15(7-6-14(13)11-21)20-16(22)12-4-2-1-3-5-12/h1-7,10H,8-9,11H2,(H3,18,19)(H,20,22). The lowest BCUT2D eigenvalue weighted by Gasteiger charge is -2.29. The summed E-state index contributed by atoms with van der Waals surface area (Å²) in [6, 6.07) is 15.0. The highest BCUT2D eigenvalue weighted by Crippen LogP contribution is 2.22. The van der Waals surface area contributed by atoms with Gasteiger partial charge in [0.05, 0.1) is 0 Å². The van der Waals surface area contributed by atoms with E-state index in [-0.39, 0.29) is 11.9 Å². The lowest BCUT2D eigenvalue weighted by atomic mass is 9.99. The van der Waals surface area contributed by atoms with Gasteiger partial charge in [-0.25, -0.2) is 0 Å². The van der Waals surface area contributed by atoms with Crippen molar-refractivity contribution in [3.63, 3.8) is 0 Å². The number of carbonyl (C=O) groups excluding carboxylic acids is 1. The summed E-state index contributed by atoms with van der Waals surface area (Å²) >= 11 is 0. The van der Waals surface area contributed by atoms with Gasteiger partial charge in [0.1, 0.15) is 0 Å². The van der Waals surface area contributed by atoms with Crippen LogP contribution in [0.15, 0.2) is 48.5 Å². The average molecular weight is 294 g/mol. The maximum Gasteiger partial charge on any atom is 0.255 e. The summed E-state index contributed by atoms with van der Waals surface area (Å²) in [5.74, 6) is -0.00571. The SMILES string of the molecule is N=C(N)N1CCc2cc(NC(=O)c3ccccc3)ccc2C1. The van der Waals surface area contributed by atoms with E-state index in [0.29, 0.717) is 12.1 Å². The molecule has 0 saturated heterocycles. The second-order valence-corrected chi connectivity index (χ2v) is 5.36. The van der Waals surface area contributed by atoms with Crippen LogP contribution >= 0.6 is 0 Å². The van der Waals surface area contributed by atoms with Crippen LogP contribution in [0.1, 0.15) is 21.5 Å². The van der Waals surface area contributed by atoms with E-state index < -0.39 is 0 Å². The molecule has 112 valence electrons. The van der Waals surface area contributed by atoms with Crippen molar-refractivity contribution in [3.8, 4) is 0 Å². The average Bonchev–Trinajstić information content (AvgIpc) is 2.55. The number of anilines is 1. The number of hydrogen-bond donors (Lipinski definition) is 3. The number of carbonyl (C=O) groups is 1. The summed E-state index contributed by atoms with van der Waals surface area (Å²) in [6.07, 6.45) is 0.823. The first-order valence-corrected chi connectivity index (χ1v) is 7.20. The monoisotopic (exact) mass is 294 g/mol. The molecule has 2 aromatic rings. The van der Waals surface area contributed by atoms with Crippen LogP contribution in [0.3, 0.4) is 0 Å². The summed E-state index contributed by atoms with van der Waals surface area (Å²) in [5, 5.41) is 10.4. The number of benzene rings is 2. The third-order valence-electron chi connectivity index (χ3n) is 3.85. The Labute approximate surface area is 129 Å². The molecular weight excluding hydrogens is 276 g/mol. The fourth-order valence-corrected chi connectivity index (χ4v) is 2.63. The molecule has 5 nitrogen and oxygen atoms in total. The number of fused-ring (bicyclic) bond motifs is 1. The zero-order valence-corrected chi connectivity index (χ0v) is 12.2. The van der Waals surface area contributed by atoms with Crippen LogP contribution in [0.4, 0.5) is 5.69 Å². The molecule has 5 heteroatoms. The van der Waals surface area contributed by atoms with Gasteiger partial charge in [0.2, 0.25) is 0 Å². The van der Waals surface area contributed by atoms with Crippen LogP contribution in [0.25, 0.3) is 0 Å². The molecule has 0 atom stereocenters. The van der Waals surface area contributed by atoms with E-state index in [1.807, 2.05) is 41.3 Å². The lowest BCUT2D eigenvalue weighted by Crippen LogP contribution is -2.40. The van der Waals surface area contributed by atoms with Gasteiger partial charge in [-0.1, -0.05) is 24.3 Å². The van der Waals surface area contributed by atoms with E-state index >= 15 is 0 Å². The molecule has 0 spiro atoms. The van der Waals surface area contributed by atoms with Crippen LogP contribution in [-0.2, 0) is 13.0 Å². The number of nitrogens with one attached hydrogen (secondary N) is 2. The molecule has 0 saturated carbocycles. The molecule has 22 heavy (non-hydrogen) atoms. The van der Waals surface area contributed by atoms with Gasteiger partial charge in [0, 0.05) is 24.3 Å². The minimum atomic E-state index is -0.110. The van der Waals surface area contributed by atoms with Crippen molar-refractivity contribution in [2.45, 2.75) is 13.0 Å². The minimum Gasteiger partial charge on any atom is -0.370 e. The number of guanidine groups is 1. The molecule has 1 amide bonds. The fraction of sp³-hybridized carbons (Fsp3) is 0.176. The highest BCUT2D eigenvalue weighted by molar-refractivity contribution is 6.04. The normalized spacial score (nSPS) is 13.4. The van der Waals surface area contributed by atoms with Crippen LogP contribution in [0.5, 0.6) is 0 Å². The topological polar surface area (TPSA) is 82.2 Å². The summed E-state index contributed by atoms with van der Waals surface area (Å²) in [6.45, 7) is 1.38. The molecule has 4 N–H and O–H groups in total. The quantitative estimate of drug-likeness (QED) is 0.586. The lowest BCUT2D eigenvalue weighted by molar-refractivity contribution is 0.102. The predicted octanol–water partition coefficient (Wildman–Crippen LogP) is 2.19. The summed E-state index contributed by atoms with van der Waals surface area (Å²) in [7, 11) is 0. The van der Waals surface area contributed by atoms with Crippen molar-refractivity contribution >= 4 is 17.6 Å². The molecule has 0 bridgehead atoms. The first-order chi connectivity index (χ1) is 10.6. The summed E-state index contributed by atoms with van der Waals surface area (Å²) in [5.41, 5.74) is 9.32. The van der Waals surface area contributed by atoms with E-state index in [1.54, 1.807) is 12.1 Å². The Kier molecular flexibility index (Phi) is 3.78. The molecule has 0 radical (unpaired) electrons. The molecule has 1 heterocycles. The molecule has 1 aliphatic rings. The summed E-state index contributed by atoms with van der Waals surface area (Å²) < 4.78 is 0. The van der Waals surface area contributed by atoms with E-state index in [9.17, 15) is 4.79 Å². The molecule has 0 fully saturated rings. The largest absolute Gasteiger partial charge is 0.370 e. The van der Waals surface area contributed by atoms with Crippen LogP contribution in [-0.4, -0.2) is 23.3 Å². The van der Waals surface area contributed by atoms with Gasteiger partial charge in [0.25, 0.3) is 5.91 Å². The first kappa shape index (κ1) is 14.1. The second kappa shape index (κ2) is 5.89. The van der Waals surface area contributed by atoms with Crippen LogP contribution < -0.4 is 11.1 Å². The van der Waals surface area contributed by atoms with Crippen molar-refractivity contribution < 1.29 is 4.79 Å². The molecule has 1 aliphatic heterocycles. The van der Waals surface area contributed by atoms with Gasteiger partial charge in [-0.3, -0.25) is 10.2 Å². The Morgan fingerprint density at radius 1 is 1.14 bits per heavy atom. The van der Waals surface area contributed by atoms with Crippen molar-refractivity contribution in [3.05, 3.63) is 65.2 Å². The summed E-state index contributed by atoms with van der Waals surface area (Å²) in [4.78, 5) is 14.0. The molecule has 2 aromatic carbocycles. The highest BCUT2D eigenvalue weighted by atomic mass is 16.1. The number of nitrogens with two attached hydrogens (primary N) is 1. The number of nitrogens with zero attached hydrogens (tertiary/aromatic N) is 1. The predicted molar refractivity (Wildman–Crippen MR) is 86.9 cm³/mol. The van der Waals surface area contributed by atoms with E-state index in [1.165, 1.54) is 5.56 Å². The first-order valence-electron chi connectivity index (χ1n) is 7.20. The molecular formula is C17H18N4O. The Morgan fingerprint density at radius 3 is 2.64 bits per heavy atom. The van der Waals surface area contributed by atoms with Gasteiger partial charge < -0.3 is 16.0 Å².